The van der Waals surface area contributed by atoms with Crippen molar-refractivity contribution in [2.24, 2.45) is 5.92 Å². The maximum Gasteiger partial charge on any atom is 0.253 e. The van der Waals surface area contributed by atoms with E-state index in [0.717, 1.165) is 42.1 Å². The molecule has 9 nitrogen and oxygen atoms in total. The molecule has 0 unspecified atom stereocenters. The van der Waals surface area contributed by atoms with E-state index < -0.39 is 0 Å². The van der Waals surface area contributed by atoms with Crippen molar-refractivity contribution in [2.75, 3.05) is 13.1 Å². The summed E-state index contributed by atoms with van der Waals surface area (Å²) in [6, 6.07) is 5.48. The number of benzene rings is 1. The minimum Gasteiger partial charge on any atom is -0.339 e. The lowest BCUT2D eigenvalue weighted by atomic mass is 9.94. The summed E-state index contributed by atoms with van der Waals surface area (Å²) in [5.74, 6) is 1.28. The molecule has 1 aromatic carbocycles. The summed E-state index contributed by atoms with van der Waals surface area (Å²) in [7, 11) is 0. The van der Waals surface area contributed by atoms with Gasteiger partial charge in [0.25, 0.3) is 5.91 Å². The molecule has 1 aliphatic rings. The molecule has 1 saturated heterocycles. The molecule has 1 amide bonds. The largest absolute Gasteiger partial charge is 0.339 e. The van der Waals surface area contributed by atoms with Gasteiger partial charge in [-0.15, -0.1) is 0 Å². The molecule has 29 heavy (non-hydrogen) atoms. The number of rotatable bonds is 4. The summed E-state index contributed by atoms with van der Waals surface area (Å²) in [6.07, 6.45) is 7.38. The molecule has 0 N–H and O–H groups in total. The Hall–Kier alpha value is -3.27. The van der Waals surface area contributed by atoms with Crippen LogP contribution in [0.25, 0.3) is 22.6 Å². The molecule has 0 aliphatic carbocycles. The molecule has 1 fully saturated rings. The van der Waals surface area contributed by atoms with Gasteiger partial charge in [0.1, 0.15) is 16.7 Å². The standard InChI is InChI=1S/C19H17N7O2S/c27-19(13-3-4-14-15(9-13)25-29-24-14)26-7-1-2-12(11-26)8-17-22-18(23-28-17)16-10-20-5-6-21-16/h3-6,9-10,12H,1-2,7-8,11H2/t12-/m1/s1. The molecule has 4 aromatic rings. The first-order valence-electron chi connectivity index (χ1n) is 9.37. The lowest BCUT2D eigenvalue weighted by Crippen LogP contribution is -2.40. The van der Waals surface area contributed by atoms with Crippen LogP contribution in [0.3, 0.4) is 0 Å². The summed E-state index contributed by atoms with van der Waals surface area (Å²) < 4.78 is 13.8. The highest BCUT2D eigenvalue weighted by Gasteiger charge is 2.26. The third-order valence-corrected chi connectivity index (χ3v) is 5.59. The van der Waals surface area contributed by atoms with Gasteiger partial charge in [0, 0.05) is 37.5 Å². The van der Waals surface area contributed by atoms with Crippen molar-refractivity contribution >= 4 is 28.7 Å². The second-order valence-corrected chi connectivity index (χ2v) is 7.56. The fourth-order valence-corrected chi connectivity index (χ4v) is 4.13. The van der Waals surface area contributed by atoms with Crippen LogP contribution in [0.1, 0.15) is 29.1 Å². The minimum atomic E-state index is 0.0235. The molecule has 1 aliphatic heterocycles. The van der Waals surface area contributed by atoms with Crippen LogP contribution in [0, 0.1) is 5.92 Å². The molecule has 5 rings (SSSR count). The predicted octanol–water partition coefficient (Wildman–Crippen LogP) is 2.63. The smallest absolute Gasteiger partial charge is 0.253 e. The van der Waals surface area contributed by atoms with Gasteiger partial charge in [-0.05, 0) is 37.0 Å². The summed E-state index contributed by atoms with van der Waals surface area (Å²) in [5.41, 5.74) is 2.80. The second-order valence-electron chi connectivity index (χ2n) is 7.03. The average molecular weight is 407 g/mol. The number of amides is 1. The molecule has 1 atom stereocenters. The number of fused-ring (bicyclic) bond motifs is 1. The number of carbonyl (C=O) groups is 1. The Balaban J connectivity index is 1.27. The van der Waals surface area contributed by atoms with E-state index >= 15 is 0 Å². The van der Waals surface area contributed by atoms with Crippen LogP contribution in [-0.4, -0.2) is 52.8 Å². The molecule has 0 bridgehead atoms. The quantitative estimate of drug-likeness (QED) is 0.508. The van der Waals surface area contributed by atoms with E-state index in [-0.39, 0.29) is 11.8 Å². The minimum absolute atomic E-state index is 0.0235. The fourth-order valence-electron chi connectivity index (χ4n) is 3.62. The molecular formula is C19H17N7O2S. The van der Waals surface area contributed by atoms with Gasteiger partial charge in [-0.25, -0.2) is 4.98 Å². The Morgan fingerprint density at radius 2 is 2.17 bits per heavy atom. The first-order chi connectivity index (χ1) is 14.3. The van der Waals surface area contributed by atoms with E-state index in [2.05, 4.69) is 28.9 Å². The summed E-state index contributed by atoms with van der Waals surface area (Å²) in [5, 5.41) is 4.00. The molecule has 10 heteroatoms. The van der Waals surface area contributed by atoms with Gasteiger partial charge in [0.05, 0.1) is 17.9 Å². The number of aromatic nitrogens is 6. The van der Waals surface area contributed by atoms with Gasteiger partial charge >= 0.3 is 0 Å². The van der Waals surface area contributed by atoms with Crippen LogP contribution in [0.2, 0.25) is 0 Å². The van der Waals surface area contributed by atoms with E-state index in [9.17, 15) is 4.79 Å². The number of carbonyl (C=O) groups excluding carboxylic acids is 1. The van der Waals surface area contributed by atoms with Crippen LogP contribution in [-0.2, 0) is 6.42 Å². The summed E-state index contributed by atoms with van der Waals surface area (Å²) in [6.45, 7) is 1.41. The second kappa shape index (κ2) is 7.63. The summed E-state index contributed by atoms with van der Waals surface area (Å²) >= 11 is 1.15. The van der Waals surface area contributed by atoms with Gasteiger partial charge in [-0.1, -0.05) is 5.16 Å². The maximum absolute atomic E-state index is 13.0. The van der Waals surface area contributed by atoms with Crippen molar-refractivity contribution in [3.63, 3.8) is 0 Å². The zero-order chi connectivity index (χ0) is 19.6. The van der Waals surface area contributed by atoms with Crippen LogP contribution in [0.15, 0.2) is 41.3 Å². The number of likely N-dealkylation sites (tertiary alicyclic amines) is 1. The SMILES string of the molecule is O=C(c1ccc2nsnc2c1)N1CCC[C@H](Cc2nc(-c3cnccn3)no2)C1. The number of hydrogen-bond donors (Lipinski definition) is 0. The Labute approximate surface area is 170 Å². The fraction of sp³-hybridized carbons (Fsp3) is 0.316. The lowest BCUT2D eigenvalue weighted by Gasteiger charge is -2.32. The van der Waals surface area contributed by atoms with Gasteiger partial charge in [0.15, 0.2) is 0 Å². The van der Waals surface area contributed by atoms with E-state index in [4.69, 9.17) is 4.52 Å². The van der Waals surface area contributed by atoms with E-state index in [0.29, 0.717) is 35.9 Å². The van der Waals surface area contributed by atoms with Gasteiger partial charge in [-0.2, -0.15) is 13.7 Å². The third kappa shape index (κ3) is 3.70. The average Bonchev–Trinajstić information content (AvgIpc) is 3.43. The van der Waals surface area contributed by atoms with Crippen LogP contribution >= 0.6 is 11.7 Å². The van der Waals surface area contributed by atoms with E-state index in [1.165, 1.54) is 0 Å². The van der Waals surface area contributed by atoms with E-state index in [1.54, 1.807) is 18.6 Å². The Morgan fingerprint density at radius 1 is 1.24 bits per heavy atom. The lowest BCUT2D eigenvalue weighted by molar-refractivity contribution is 0.0668. The topological polar surface area (TPSA) is 111 Å². The highest BCUT2D eigenvalue weighted by atomic mass is 32.1. The van der Waals surface area contributed by atoms with Crippen molar-refractivity contribution < 1.29 is 9.32 Å². The van der Waals surface area contributed by atoms with Crippen LogP contribution in [0.5, 0.6) is 0 Å². The Morgan fingerprint density at radius 3 is 3.07 bits per heavy atom. The van der Waals surface area contributed by atoms with Crippen molar-refractivity contribution in [3.05, 3.63) is 48.2 Å². The molecule has 0 spiro atoms. The van der Waals surface area contributed by atoms with Crippen LogP contribution < -0.4 is 0 Å². The monoisotopic (exact) mass is 407 g/mol. The van der Waals surface area contributed by atoms with Gasteiger partial charge in [-0.3, -0.25) is 9.78 Å². The van der Waals surface area contributed by atoms with Crippen molar-refractivity contribution in [3.8, 4) is 11.5 Å². The predicted molar refractivity (Wildman–Crippen MR) is 105 cm³/mol. The third-order valence-electron chi connectivity index (χ3n) is 5.03. The number of nitrogens with zero attached hydrogens (tertiary/aromatic N) is 7. The van der Waals surface area contributed by atoms with Crippen molar-refractivity contribution in [1.29, 1.82) is 0 Å². The number of piperidine rings is 1. The summed E-state index contributed by atoms with van der Waals surface area (Å²) in [4.78, 5) is 27.5. The highest BCUT2D eigenvalue weighted by molar-refractivity contribution is 7.00. The van der Waals surface area contributed by atoms with E-state index in [1.807, 2.05) is 23.1 Å². The highest BCUT2D eigenvalue weighted by Crippen LogP contribution is 2.23. The normalized spacial score (nSPS) is 17.0. The molecule has 0 saturated carbocycles. The van der Waals surface area contributed by atoms with Gasteiger partial charge < -0.3 is 9.42 Å². The first kappa shape index (κ1) is 17.8. The molecule has 146 valence electrons. The molecule has 0 radical (unpaired) electrons. The molecule has 4 heterocycles. The van der Waals surface area contributed by atoms with Crippen molar-refractivity contribution in [2.45, 2.75) is 19.3 Å². The van der Waals surface area contributed by atoms with Gasteiger partial charge in [0.2, 0.25) is 11.7 Å². The molecule has 3 aromatic heterocycles. The van der Waals surface area contributed by atoms with Crippen molar-refractivity contribution in [1.82, 2.24) is 33.8 Å². The zero-order valence-corrected chi connectivity index (χ0v) is 16.2. The first-order valence-corrected chi connectivity index (χ1v) is 10.1. The molecular weight excluding hydrogens is 390 g/mol. The Bertz CT molecular complexity index is 1140. The Kier molecular flexibility index (Phi) is 4.68. The van der Waals surface area contributed by atoms with Crippen LogP contribution in [0.4, 0.5) is 0 Å². The zero-order valence-electron chi connectivity index (χ0n) is 15.4. The number of hydrogen-bond acceptors (Lipinski definition) is 9. The maximum atomic E-state index is 13.0.